The molecule has 3 saturated carbocycles. The number of rotatable bonds is 11. The number of nitrogens with zero attached hydrogens (tertiary/aromatic N) is 3. The number of alkyl carbamates (subject to hydrolysis) is 1. The van der Waals surface area contributed by atoms with Crippen molar-refractivity contribution in [3.05, 3.63) is 42.5 Å². The molecule has 3 aliphatic carbocycles. The molecule has 3 N–H and O–H groups in total. The van der Waals surface area contributed by atoms with Crippen molar-refractivity contribution in [1.29, 1.82) is 0 Å². The molecule has 3 aliphatic heterocycles. The molecule has 1 aromatic heterocycles. The Kier molecular flexibility index (Phi) is 12.2. The first kappa shape index (κ1) is 44.7. The molecule has 5 amide bonds. The van der Waals surface area contributed by atoms with Gasteiger partial charge in [-0.15, -0.1) is 6.58 Å². The average molecular weight is 891 g/mol. The fraction of sp³-hybridized carbons (Fsp3) is 0.652. The molecule has 1 aromatic carbocycles. The molecular formula is C46H62N6O10S. The van der Waals surface area contributed by atoms with Gasteiger partial charge in [0.1, 0.15) is 35.6 Å². The number of fused-ring (bicyclic) bond motifs is 5. The SMILES string of the molecule is C=CC1C[C@]1(NC(=O)[C@@H]1C[C@@H]2CN1C(=O)[C@H](C(C)(C)C)NC(=O)O[C@@H]1C[C@H]1CCCCCc1c(nc3ccccc3c1OCCCN1CCCC1=O)O2)C(=O)NS(=O)(=O)C1(C)CC1. The second kappa shape index (κ2) is 17.2. The number of ether oxygens (including phenoxy) is 3. The van der Waals surface area contributed by atoms with Gasteiger partial charge in [0.05, 0.1) is 29.0 Å². The van der Waals surface area contributed by atoms with Crippen molar-refractivity contribution < 1.29 is 46.6 Å². The second-order valence-corrected chi connectivity index (χ2v) is 22.0. The van der Waals surface area contributed by atoms with E-state index in [0.717, 1.165) is 56.0 Å². The van der Waals surface area contributed by atoms with Crippen molar-refractivity contribution in [1.82, 2.24) is 30.1 Å². The van der Waals surface area contributed by atoms with Crippen LogP contribution in [-0.4, -0.2) is 114 Å². The number of sulfonamides is 1. The van der Waals surface area contributed by atoms with Crippen LogP contribution in [0.15, 0.2) is 36.9 Å². The van der Waals surface area contributed by atoms with Crippen LogP contribution in [0, 0.1) is 17.3 Å². The van der Waals surface area contributed by atoms with Gasteiger partial charge in [-0.1, -0.05) is 51.8 Å². The van der Waals surface area contributed by atoms with Gasteiger partial charge in [-0.05, 0) is 88.2 Å². The third-order valence-electron chi connectivity index (χ3n) is 13.9. The summed E-state index contributed by atoms with van der Waals surface area (Å²) in [5, 5.41) is 6.50. The third kappa shape index (κ3) is 9.35. The molecule has 0 radical (unpaired) electrons. The molecule has 4 heterocycles. The van der Waals surface area contributed by atoms with E-state index in [2.05, 4.69) is 21.9 Å². The van der Waals surface area contributed by atoms with Gasteiger partial charge in [-0.3, -0.25) is 23.9 Å². The van der Waals surface area contributed by atoms with Gasteiger partial charge in [0.25, 0.3) is 5.91 Å². The first-order valence-electron chi connectivity index (χ1n) is 22.7. The van der Waals surface area contributed by atoms with E-state index in [-0.39, 0.29) is 37.3 Å². The highest BCUT2D eigenvalue weighted by Gasteiger charge is 2.63. The minimum Gasteiger partial charge on any atom is -0.492 e. The normalized spacial score (nSPS) is 29.5. The first-order valence-corrected chi connectivity index (χ1v) is 24.2. The molecule has 17 heteroatoms. The molecule has 5 fully saturated rings. The molecule has 2 saturated heterocycles. The molecule has 342 valence electrons. The predicted molar refractivity (Wildman–Crippen MR) is 233 cm³/mol. The number of aromatic nitrogens is 1. The lowest BCUT2D eigenvalue weighted by Crippen LogP contribution is -2.60. The van der Waals surface area contributed by atoms with Crippen LogP contribution in [-0.2, 0) is 40.4 Å². The highest BCUT2D eigenvalue weighted by Crippen LogP contribution is 2.47. The topological polar surface area (TPSA) is 203 Å². The van der Waals surface area contributed by atoms with Crippen molar-refractivity contribution in [2.24, 2.45) is 17.3 Å². The maximum absolute atomic E-state index is 14.9. The smallest absolute Gasteiger partial charge is 0.408 e. The van der Waals surface area contributed by atoms with Crippen LogP contribution >= 0.6 is 0 Å². The van der Waals surface area contributed by atoms with Crippen molar-refractivity contribution in [2.75, 3.05) is 26.2 Å². The molecular weight excluding hydrogens is 829 g/mol. The number of amides is 5. The van der Waals surface area contributed by atoms with E-state index in [0.29, 0.717) is 62.4 Å². The zero-order chi connectivity index (χ0) is 44.9. The van der Waals surface area contributed by atoms with Crippen LogP contribution in [0.3, 0.4) is 0 Å². The van der Waals surface area contributed by atoms with Crippen molar-refractivity contribution in [3.63, 3.8) is 0 Å². The monoisotopic (exact) mass is 890 g/mol. The van der Waals surface area contributed by atoms with Crippen LogP contribution < -0.4 is 24.8 Å². The molecule has 7 atom stereocenters. The van der Waals surface area contributed by atoms with Crippen LogP contribution in [0.1, 0.15) is 110 Å². The number of nitrogens with one attached hydrogen (secondary N) is 3. The lowest BCUT2D eigenvalue weighted by molar-refractivity contribution is -0.142. The van der Waals surface area contributed by atoms with Crippen molar-refractivity contribution in [3.8, 4) is 11.6 Å². The highest BCUT2D eigenvalue weighted by molar-refractivity contribution is 7.91. The Hall–Kier alpha value is -4.93. The summed E-state index contributed by atoms with van der Waals surface area (Å²) >= 11 is 0. The molecule has 6 aliphatic rings. The van der Waals surface area contributed by atoms with Gasteiger partial charge in [0.2, 0.25) is 33.6 Å². The van der Waals surface area contributed by atoms with Crippen molar-refractivity contribution in [2.45, 2.75) is 146 Å². The van der Waals surface area contributed by atoms with E-state index >= 15 is 0 Å². The summed E-state index contributed by atoms with van der Waals surface area (Å²) in [7, 11) is -4.02. The van der Waals surface area contributed by atoms with E-state index in [9.17, 15) is 32.4 Å². The predicted octanol–water partition coefficient (Wildman–Crippen LogP) is 4.68. The number of para-hydroxylation sites is 1. The lowest BCUT2D eigenvalue weighted by atomic mass is 9.85. The third-order valence-corrected chi connectivity index (χ3v) is 16.1. The molecule has 2 bridgehead atoms. The molecule has 0 spiro atoms. The van der Waals surface area contributed by atoms with Crippen LogP contribution in [0.2, 0.25) is 0 Å². The van der Waals surface area contributed by atoms with E-state index in [1.54, 1.807) is 6.92 Å². The van der Waals surface area contributed by atoms with Gasteiger partial charge < -0.3 is 34.6 Å². The number of benzene rings is 1. The minimum absolute atomic E-state index is 0.00343. The number of carbonyl (C=O) groups excluding carboxylic acids is 5. The summed E-state index contributed by atoms with van der Waals surface area (Å²) in [6, 6.07) is 5.38. The Balaban J connectivity index is 1.12. The lowest BCUT2D eigenvalue weighted by Gasteiger charge is -2.35. The summed E-state index contributed by atoms with van der Waals surface area (Å²) in [4.78, 5) is 77.3. The van der Waals surface area contributed by atoms with Gasteiger partial charge in [0, 0.05) is 37.2 Å². The Morgan fingerprint density at radius 2 is 1.84 bits per heavy atom. The molecule has 2 aromatic rings. The van der Waals surface area contributed by atoms with Crippen LogP contribution in [0.25, 0.3) is 10.9 Å². The van der Waals surface area contributed by atoms with Crippen LogP contribution in [0.5, 0.6) is 11.6 Å². The number of hydrogen-bond donors (Lipinski definition) is 3. The number of pyridine rings is 1. The standard InChI is InChI=1S/C46H62N6O10S/c1-6-29-26-46(29,42(56)50-63(58,59)45(5)19-20-45)49-39(54)34-25-30-27-52(34)41(55)38(44(2,3)4)48-43(57)62-35-24-28(35)14-8-7-9-16-32-37(60-23-13-22-51-21-12-18-36(51)53)31-15-10-11-17-33(31)47-40(32)61-30/h6,10-11,15,17,28-30,34-35,38H,1,7-9,12-14,16,18-27H2,2-5H3,(H,48,57)(H,49,54)(H,50,56)/t28-,29?,30-,34+,35-,38-,46-/m1/s1. The van der Waals surface area contributed by atoms with E-state index < -0.39 is 73.6 Å². The maximum atomic E-state index is 14.9. The van der Waals surface area contributed by atoms with Crippen LogP contribution in [0.4, 0.5) is 4.79 Å². The molecule has 8 rings (SSSR count). The van der Waals surface area contributed by atoms with Gasteiger partial charge in [-0.25, -0.2) is 18.2 Å². The van der Waals surface area contributed by atoms with Gasteiger partial charge >= 0.3 is 6.09 Å². The summed E-state index contributed by atoms with van der Waals surface area (Å²) < 4.78 is 46.7. The number of likely N-dealkylation sites (tertiary alicyclic amines) is 1. The maximum Gasteiger partial charge on any atom is 0.408 e. The van der Waals surface area contributed by atoms with Gasteiger partial charge in [-0.2, -0.15) is 0 Å². The first-order chi connectivity index (χ1) is 29.9. The Labute approximate surface area is 369 Å². The Bertz CT molecular complexity index is 2280. The highest BCUT2D eigenvalue weighted by atomic mass is 32.2. The fourth-order valence-corrected chi connectivity index (χ4v) is 10.7. The molecule has 16 nitrogen and oxygen atoms in total. The van der Waals surface area contributed by atoms with E-state index in [1.807, 2.05) is 49.9 Å². The van der Waals surface area contributed by atoms with Crippen molar-refractivity contribution >= 4 is 50.6 Å². The zero-order valence-corrected chi connectivity index (χ0v) is 37.7. The Morgan fingerprint density at radius 3 is 2.54 bits per heavy atom. The van der Waals surface area contributed by atoms with E-state index in [1.165, 1.54) is 11.0 Å². The molecule has 63 heavy (non-hydrogen) atoms. The zero-order valence-electron chi connectivity index (χ0n) is 36.9. The minimum atomic E-state index is -4.02. The second-order valence-electron chi connectivity index (χ2n) is 19.8. The van der Waals surface area contributed by atoms with Gasteiger partial charge in [0.15, 0.2) is 0 Å². The summed E-state index contributed by atoms with van der Waals surface area (Å²) in [5.41, 5.74) is -0.991. The quantitative estimate of drug-likeness (QED) is 0.209. The van der Waals surface area contributed by atoms with E-state index in [4.69, 9.17) is 19.2 Å². The summed E-state index contributed by atoms with van der Waals surface area (Å²) in [6.45, 7) is 12.5. The summed E-state index contributed by atoms with van der Waals surface area (Å²) in [6.07, 6.45) is 7.67. The largest absolute Gasteiger partial charge is 0.492 e. The number of hydrogen-bond acceptors (Lipinski definition) is 11. The Morgan fingerprint density at radius 1 is 1.06 bits per heavy atom. The fourth-order valence-electron chi connectivity index (χ4n) is 9.36. The summed E-state index contributed by atoms with van der Waals surface area (Å²) in [5.74, 6) is -1.24. The number of carbonyl (C=O) groups is 5. The molecule has 1 unspecified atom stereocenters. The average Bonchev–Trinajstić information content (AvgIpc) is 4.19.